The van der Waals surface area contributed by atoms with Crippen LogP contribution in [0.5, 0.6) is 0 Å². The van der Waals surface area contributed by atoms with Crippen molar-refractivity contribution >= 4 is 0 Å². The molecule has 0 amide bonds. The molecule has 0 spiro atoms. The lowest BCUT2D eigenvalue weighted by Crippen LogP contribution is -2.40. The molecule has 75 valence electrons. The molecular formula is C12H16NO. The van der Waals surface area contributed by atoms with Crippen LogP contribution in [0.3, 0.4) is 0 Å². The van der Waals surface area contributed by atoms with Gasteiger partial charge in [0, 0.05) is 19.6 Å². The maximum atomic E-state index is 5.39. The van der Waals surface area contributed by atoms with Crippen LogP contribution in [0.25, 0.3) is 0 Å². The summed E-state index contributed by atoms with van der Waals surface area (Å²) in [6.07, 6.45) is 0.132. The van der Waals surface area contributed by atoms with Crippen molar-refractivity contribution in [1.82, 2.24) is 4.90 Å². The standard InChI is InChI=1S/C12H16NO/c1-11-9-13(7-8-14-11)10-12-5-3-2-4-6-12/h2-6,11H,1,7-10H2. The molecule has 0 N–H and O–H groups in total. The van der Waals surface area contributed by atoms with E-state index in [4.69, 9.17) is 4.74 Å². The zero-order chi connectivity index (χ0) is 9.80. The fourth-order valence-corrected chi connectivity index (χ4v) is 1.77. The summed E-state index contributed by atoms with van der Waals surface area (Å²) in [4.78, 5) is 2.39. The lowest BCUT2D eigenvalue weighted by molar-refractivity contribution is -0.00795. The van der Waals surface area contributed by atoms with Crippen LogP contribution in [-0.2, 0) is 11.3 Å². The highest BCUT2D eigenvalue weighted by Crippen LogP contribution is 2.09. The van der Waals surface area contributed by atoms with Gasteiger partial charge in [-0.15, -0.1) is 0 Å². The van der Waals surface area contributed by atoms with Gasteiger partial charge in [0.25, 0.3) is 0 Å². The second-order valence-corrected chi connectivity index (χ2v) is 3.71. The molecule has 1 aromatic rings. The molecule has 1 saturated heterocycles. The summed E-state index contributed by atoms with van der Waals surface area (Å²) in [5.41, 5.74) is 1.36. The van der Waals surface area contributed by atoms with E-state index < -0.39 is 0 Å². The third kappa shape index (κ3) is 2.56. The van der Waals surface area contributed by atoms with Crippen molar-refractivity contribution < 1.29 is 4.74 Å². The van der Waals surface area contributed by atoms with E-state index in [1.165, 1.54) is 5.56 Å². The van der Waals surface area contributed by atoms with Crippen molar-refractivity contribution in [2.75, 3.05) is 19.7 Å². The molecule has 1 aromatic carbocycles. The molecular weight excluding hydrogens is 174 g/mol. The Bertz CT molecular complexity index is 273. The van der Waals surface area contributed by atoms with E-state index in [0.717, 1.165) is 26.2 Å². The average molecular weight is 190 g/mol. The minimum absolute atomic E-state index is 0.132. The maximum Gasteiger partial charge on any atom is 0.0703 e. The number of rotatable bonds is 2. The largest absolute Gasteiger partial charge is 0.376 e. The van der Waals surface area contributed by atoms with Crippen molar-refractivity contribution in [2.45, 2.75) is 12.6 Å². The molecule has 1 fully saturated rings. The Morgan fingerprint density at radius 1 is 1.36 bits per heavy atom. The van der Waals surface area contributed by atoms with E-state index in [9.17, 15) is 0 Å². The Labute approximate surface area is 85.5 Å². The first-order chi connectivity index (χ1) is 6.84. The van der Waals surface area contributed by atoms with E-state index in [-0.39, 0.29) is 6.10 Å². The topological polar surface area (TPSA) is 12.5 Å². The van der Waals surface area contributed by atoms with E-state index in [0.29, 0.717) is 0 Å². The molecule has 0 aromatic heterocycles. The molecule has 2 heteroatoms. The SMILES string of the molecule is [CH2]C1CN(Cc2ccccc2)CCO1. The average Bonchev–Trinajstić information content (AvgIpc) is 2.19. The van der Waals surface area contributed by atoms with Crippen LogP contribution in [0.15, 0.2) is 30.3 Å². The number of hydrogen-bond donors (Lipinski definition) is 0. The number of morpholine rings is 1. The van der Waals surface area contributed by atoms with Crippen molar-refractivity contribution in [2.24, 2.45) is 0 Å². The minimum Gasteiger partial charge on any atom is -0.376 e. The zero-order valence-corrected chi connectivity index (χ0v) is 8.36. The molecule has 1 aliphatic heterocycles. The monoisotopic (exact) mass is 190 g/mol. The van der Waals surface area contributed by atoms with Gasteiger partial charge in [0.2, 0.25) is 0 Å². The molecule has 2 rings (SSSR count). The molecule has 0 saturated carbocycles. The highest BCUT2D eigenvalue weighted by molar-refractivity contribution is 5.14. The predicted octanol–water partition coefficient (Wildman–Crippen LogP) is 1.72. The first-order valence-electron chi connectivity index (χ1n) is 5.05. The number of ether oxygens (including phenoxy) is 1. The van der Waals surface area contributed by atoms with Crippen LogP contribution in [-0.4, -0.2) is 30.7 Å². The van der Waals surface area contributed by atoms with Crippen LogP contribution in [0.2, 0.25) is 0 Å². The summed E-state index contributed by atoms with van der Waals surface area (Å²) in [5.74, 6) is 0. The molecule has 1 aliphatic rings. The Kier molecular flexibility index (Phi) is 3.17. The fourth-order valence-electron chi connectivity index (χ4n) is 1.77. The molecule has 0 aliphatic carbocycles. The van der Waals surface area contributed by atoms with Gasteiger partial charge in [-0.1, -0.05) is 30.3 Å². The van der Waals surface area contributed by atoms with E-state index in [1.54, 1.807) is 0 Å². The molecule has 1 radical (unpaired) electrons. The van der Waals surface area contributed by atoms with Crippen molar-refractivity contribution in [1.29, 1.82) is 0 Å². The van der Waals surface area contributed by atoms with Gasteiger partial charge in [0.15, 0.2) is 0 Å². The van der Waals surface area contributed by atoms with Crippen LogP contribution < -0.4 is 0 Å². The zero-order valence-electron chi connectivity index (χ0n) is 8.36. The van der Waals surface area contributed by atoms with E-state index in [2.05, 4.69) is 36.1 Å². The molecule has 0 bridgehead atoms. The highest BCUT2D eigenvalue weighted by Gasteiger charge is 2.16. The second-order valence-electron chi connectivity index (χ2n) is 3.71. The van der Waals surface area contributed by atoms with Gasteiger partial charge in [-0.2, -0.15) is 0 Å². The number of hydrogen-bond acceptors (Lipinski definition) is 2. The summed E-state index contributed by atoms with van der Waals surface area (Å²) in [6, 6.07) is 10.5. The molecule has 2 nitrogen and oxygen atoms in total. The predicted molar refractivity (Wildman–Crippen MR) is 56.8 cm³/mol. The Balaban J connectivity index is 1.91. The Morgan fingerprint density at radius 2 is 2.14 bits per heavy atom. The summed E-state index contributed by atoms with van der Waals surface area (Å²) in [5, 5.41) is 0. The van der Waals surface area contributed by atoms with Gasteiger partial charge in [0.05, 0.1) is 12.7 Å². The van der Waals surface area contributed by atoms with Gasteiger partial charge in [0.1, 0.15) is 0 Å². The normalized spacial score (nSPS) is 23.6. The lowest BCUT2D eigenvalue weighted by Gasteiger charge is -2.30. The third-order valence-electron chi connectivity index (χ3n) is 2.47. The number of benzene rings is 1. The van der Waals surface area contributed by atoms with Crippen molar-refractivity contribution in [3.63, 3.8) is 0 Å². The van der Waals surface area contributed by atoms with Gasteiger partial charge in [-0.05, 0) is 12.5 Å². The highest BCUT2D eigenvalue weighted by atomic mass is 16.5. The van der Waals surface area contributed by atoms with Crippen LogP contribution in [0, 0.1) is 6.92 Å². The van der Waals surface area contributed by atoms with Gasteiger partial charge >= 0.3 is 0 Å². The van der Waals surface area contributed by atoms with Crippen LogP contribution in [0.4, 0.5) is 0 Å². The Morgan fingerprint density at radius 3 is 2.86 bits per heavy atom. The smallest absolute Gasteiger partial charge is 0.0703 e. The summed E-state index contributed by atoms with van der Waals surface area (Å²) < 4.78 is 5.39. The molecule has 14 heavy (non-hydrogen) atoms. The van der Waals surface area contributed by atoms with Crippen LogP contribution >= 0.6 is 0 Å². The van der Waals surface area contributed by atoms with Crippen molar-refractivity contribution in [3.8, 4) is 0 Å². The summed E-state index contributed by atoms with van der Waals surface area (Å²) in [6.45, 7) is 7.70. The van der Waals surface area contributed by atoms with Crippen molar-refractivity contribution in [3.05, 3.63) is 42.8 Å². The van der Waals surface area contributed by atoms with Crippen LogP contribution in [0.1, 0.15) is 5.56 Å². The maximum absolute atomic E-state index is 5.39. The fraction of sp³-hybridized carbons (Fsp3) is 0.417. The number of nitrogens with zero attached hydrogens (tertiary/aromatic N) is 1. The van der Waals surface area contributed by atoms with E-state index in [1.807, 2.05) is 6.07 Å². The lowest BCUT2D eigenvalue weighted by atomic mass is 10.2. The van der Waals surface area contributed by atoms with Gasteiger partial charge in [-0.25, -0.2) is 0 Å². The summed E-state index contributed by atoms with van der Waals surface area (Å²) in [7, 11) is 0. The minimum atomic E-state index is 0.132. The van der Waals surface area contributed by atoms with E-state index >= 15 is 0 Å². The molecule has 1 heterocycles. The molecule has 1 atom stereocenters. The Hall–Kier alpha value is -0.860. The van der Waals surface area contributed by atoms with Gasteiger partial charge < -0.3 is 4.74 Å². The first kappa shape index (κ1) is 9.69. The second kappa shape index (κ2) is 4.58. The summed E-state index contributed by atoms with van der Waals surface area (Å²) >= 11 is 0. The first-order valence-corrected chi connectivity index (χ1v) is 5.05. The quantitative estimate of drug-likeness (QED) is 0.704. The third-order valence-corrected chi connectivity index (χ3v) is 2.47. The van der Waals surface area contributed by atoms with Gasteiger partial charge in [-0.3, -0.25) is 4.90 Å². The molecule has 1 unspecified atom stereocenters.